The third-order valence-corrected chi connectivity index (χ3v) is 1.54. The lowest BCUT2D eigenvalue weighted by molar-refractivity contribution is -0.111. The van der Waals surface area contributed by atoms with E-state index in [-0.39, 0.29) is 5.24 Å². The summed E-state index contributed by atoms with van der Waals surface area (Å²) in [5.74, 6) is 1.80. The van der Waals surface area contributed by atoms with E-state index < -0.39 is 0 Å². The molecule has 0 aliphatic carbocycles. The molecule has 62 valence electrons. The smallest absolute Gasteiger partial charge is 0.221 e. The average Bonchev–Trinajstić information content (AvgIpc) is 1.97. The van der Waals surface area contributed by atoms with Crippen LogP contribution in [0.2, 0.25) is 0 Å². The van der Waals surface area contributed by atoms with Gasteiger partial charge in [0.1, 0.15) is 5.94 Å². The van der Waals surface area contributed by atoms with Gasteiger partial charge in [-0.1, -0.05) is 0 Å². The third kappa shape index (κ3) is 7.31. The number of carbonyl (C=O) groups excluding carboxylic acids is 2. The Kier molecular flexibility index (Phi) is 5.81. The molecule has 0 heterocycles. The van der Waals surface area contributed by atoms with Gasteiger partial charge in [-0.2, -0.15) is 0 Å². The highest BCUT2D eigenvalue weighted by Crippen LogP contribution is 2.06. The molecule has 3 heteroatoms. The van der Waals surface area contributed by atoms with Gasteiger partial charge in [-0.3, -0.25) is 4.79 Å². The van der Waals surface area contributed by atoms with Crippen LogP contribution in [-0.4, -0.2) is 11.2 Å². The first kappa shape index (κ1) is 10.4. The molecule has 0 aliphatic heterocycles. The molecule has 0 aromatic heterocycles. The summed E-state index contributed by atoms with van der Waals surface area (Å²) in [5, 5.41) is -0.308. The maximum atomic E-state index is 10.2. The number of unbranched alkanes of at least 4 members (excludes halogenated alkanes) is 1. The van der Waals surface area contributed by atoms with Crippen LogP contribution in [0, 0.1) is 0 Å². The maximum absolute atomic E-state index is 10.2. The summed E-state index contributed by atoms with van der Waals surface area (Å²) in [6.45, 7) is 1.73. The van der Waals surface area contributed by atoms with Gasteiger partial charge in [0.05, 0.1) is 0 Å². The molecule has 0 radical (unpaired) electrons. The molecule has 0 fully saturated rings. The van der Waals surface area contributed by atoms with Crippen LogP contribution in [0.15, 0.2) is 5.57 Å². The monoisotopic (exact) mass is 174 g/mol. The van der Waals surface area contributed by atoms with E-state index in [2.05, 4.69) is 0 Å². The van der Waals surface area contributed by atoms with Crippen LogP contribution in [-0.2, 0) is 9.59 Å². The van der Waals surface area contributed by atoms with E-state index >= 15 is 0 Å². The standard InChI is InChI=1S/C8H11ClO2/c1-7(6-10)4-2-3-5-8(9)11/h2-5H2,1H3. The highest BCUT2D eigenvalue weighted by molar-refractivity contribution is 6.63. The minimum absolute atomic E-state index is 0.308. The van der Waals surface area contributed by atoms with E-state index in [0.717, 1.165) is 12.8 Å². The predicted octanol–water partition coefficient (Wildman–Crippen LogP) is 2.09. The second kappa shape index (κ2) is 6.14. The SMILES string of the molecule is CC(=C=O)CCCCC(=O)Cl. The molecule has 0 saturated heterocycles. The first-order chi connectivity index (χ1) is 5.16. The minimum atomic E-state index is -0.308. The van der Waals surface area contributed by atoms with Gasteiger partial charge in [0.15, 0.2) is 0 Å². The van der Waals surface area contributed by atoms with Crippen LogP contribution >= 0.6 is 11.6 Å². The Hall–Kier alpha value is -0.590. The zero-order valence-corrected chi connectivity index (χ0v) is 7.28. The molecule has 0 spiro atoms. The fourth-order valence-corrected chi connectivity index (χ4v) is 0.839. The number of hydrogen-bond donors (Lipinski definition) is 0. The lowest BCUT2D eigenvalue weighted by Crippen LogP contribution is -1.86. The molecule has 11 heavy (non-hydrogen) atoms. The van der Waals surface area contributed by atoms with Crippen molar-refractivity contribution < 1.29 is 9.59 Å². The predicted molar refractivity (Wildman–Crippen MR) is 44.2 cm³/mol. The van der Waals surface area contributed by atoms with Gasteiger partial charge in [0, 0.05) is 12.0 Å². The molecule has 0 N–H and O–H groups in total. The molecule has 0 atom stereocenters. The molecular weight excluding hydrogens is 164 g/mol. The Morgan fingerprint density at radius 2 is 1.91 bits per heavy atom. The van der Waals surface area contributed by atoms with E-state index in [1.54, 1.807) is 12.9 Å². The Morgan fingerprint density at radius 3 is 2.36 bits per heavy atom. The number of halogens is 1. The quantitative estimate of drug-likeness (QED) is 0.363. The van der Waals surface area contributed by atoms with Crippen molar-refractivity contribution >= 4 is 22.8 Å². The number of rotatable bonds is 5. The Bertz CT molecular complexity index is 181. The van der Waals surface area contributed by atoms with Crippen molar-refractivity contribution in [3.05, 3.63) is 5.57 Å². The molecular formula is C8H11ClO2. The van der Waals surface area contributed by atoms with Gasteiger partial charge in [-0.25, -0.2) is 4.79 Å². The fraction of sp³-hybridized carbons (Fsp3) is 0.625. The molecule has 2 nitrogen and oxygen atoms in total. The molecule has 0 aliphatic rings. The largest absolute Gasteiger partial charge is 0.281 e. The van der Waals surface area contributed by atoms with Crippen molar-refractivity contribution in [1.82, 2.24) is 0 Å². The van der Waals surface area contributed by atoms with Crippen LogP contribution < -0.4 is 0 Å². The zero-order valence-electron chi connectivity index (χ0n) is 6.52. The second-order valence-corrected chi connectivity index (χ2v) is 2.87. The number of allylic oxidation sites excluding steroid dienone is 1. The molecule has 0 saturated carbocycles. The second-order valence-electron chi connectivity index (χ2n) is 2.44. The Balaban J connectivity index is 3.28. The Labute approximate surface area is 71.2 Å². The molecule has 0 bridgehead atoms. The van der Waals surface area contributed by atoms with Crippen molar-refractivity contribution in [1.29, 1.82) is 0 Å². The van der Waals surface area contributed by atoms with E-state index in [4.69, 9.17) is 11.6 Å². The summed E-state index contributed by atoms with van der Waals surface area (Å²) in [6, 6.07) is 0. The van der Waals surface area contributed by atoms with Crippen LogP contribution in [0.4, 0.5) is 0 Å². The molecule has 0 aromatic rings. The summed E-state index contributed by atoms with van der Waals surface area (Å²) in [4.78, 5) is 20.2. The first-order valence-electron chi connectivity index (χ1n) is 3.55. The first-order valence-corrected chi connectivity index (χ1v) is 3.93. The summed E-state index contributed by atoms with van der Waals surface area (Å²) in [6.07, 6.45) is 2.70. The molecule has 0 rings (SSSR count). The molecule has 0 amide bonds. The summed E-state index contributed by atoms with van der Waals surface area (Å²) in [5.41, 5.74) is 0.701. The van der Waals surface area contributed by atoms with Gasteiger partial charge in [0.2, 0.25) is 5.24 Å². The van der Waals surface area contributed by atoms with E-state index in [9.17, 15) is 9.59 Å². The molecule has 0 aromatic carbocycles. The number of carbonyl (C=O) groups is 1. The Morgan fingerprint density at radius 1 is 1.36 bits per heavy atom. The van der Waals surface area contributed by atoms with Crippen LogP contribution in [0.25, 0.3) is 0 Å². The lowest BCUT2D eigenvalue weighted by atomic mass is 10.1. The van der Waals surface area contributed by atoms with Crippen LogP contribution in [0.1, 0.15) is 32.6 Å². The average molecular weight is 175 g/mol. The minimum Gasteiger partial charge on any atom is -0.281 e. The van der Waals surface area contributed by atoms with Crippen LogP contribution in [0.5, 0.6) is 0 Å². The molecule has 0 unspecified atom stereocenters. The van der Waals surface area contributed by atoms with Crippen molar-refractivity contribution in [2.75, 3.05) is 0 Å². The highest BCUT2D eigenvalue weighted by Gasteiger charge is 1.96. The van der Waals surface area contributed by atoms with Gasteiger partial charge in [-0.05, 0) is 37.8 Å². The van der Waals surface area contributed by atoms with E-state index in [1.807, 2.05) is 0 Å². The normalized spacial score (nSPS) is 8.91. The van der Waals surface area contributed by atoms with Crippen molar-refractivity contribution in [2.24, 2.45) is 0 Å². The highest BCUT2D eigenvalue weighted by atomic mass is 35.5. The maximum Gasteiger partial charge on any atom is 0.221 e. The van der Waals surface area contributed by atoms with Crippen molar-refractivity contribution in [3.63, 3.8) is 0 Å². The van der Waals surface area contributed by atoms with E-state index in [0.29, 0.717) is 18.4 Å². The fourth-order valence-electron chi connectivity index (χ4n) is 0.705. The van der Waals surface area contributed by atoms with Gasteiger partial charge in [-0.15, -0.1) is 0 Å². The lowest BCUT2D eigenvalue weighted by Gasteiger charge is -1.94. The van der Waals surface area contributed by atoms with Crippen LogP contribution in [0.3, 0.4) is 0 Å². The van der Waals surface area contributed by atoms with Crippen molar-refractivity contribution in [2.45, 2.75) is 32.6 Å². The van der Waals surface area contributed by atoms with E-state index in [1.165, 1.54) is 0 Å². The topological polar surface area (TPSA) is 34.1 Å². The van der Waals surface area contributed by atoms with Crippen molar-refractivity contribution in [3.8, 4) is 0 Å². The van der Waals surface area contributed by atoms with Gasteiger partial charge >= 0.3 is 0 Å². The summed E-state index contributed by atoms with van der Waals surface area (Å²) >= 11 is 5.10. The zero-order chi connectivity index (χ0) is 8.69. The van der Waals surface area contributed by atoms with Gasteiger partial charge < -0.3 is 0 Å². The third-order valence-electron chi connectivity index (χ3n) is 1.35. The summed E-state index contributed by atoms with van der Waals surface area (Å²) in [7, 11) is 0. The van der Waals surface area contributed by atoms with Gasteiger partial charge in [0.25, 0.3) is 0 Å². The summed E-state index contributed by atoms with van der Waals surface area (Å²) < 4.78 is 0. The number of hydrogen-bond acceptors (Lipinski definition) is 2.